The molecule has 0 aromatic heterocycles. The first-order chi connectivity index (χ1) is 7.05. The molecule has 2 bridgehead atoms. The second-order valence-corrected chi connectivity index (χ2v) is 7.26. The van der Waals surface area contributed by atoms with E-state index in [4.69, 9.17) is 0 Å². The lowest BCUT2D eigenvalue weighted by atomic mass is 9.86. The Hall–Kier alpha value is -0.380. The zero-order valence-corrected chi connectivity index (χ0v) is 9.92. The Morgan fingerprint density at radius 2 is 1.73 bits per heavy atom. The van der Waals surface area contributed by atoms with Crippen LogP contribution in [-0.2, 0) is 14.6 Å². The highest BCUT2D eigenvalue weighted by atomic mass is 32.2. The standard InChI is InChI=1S/C11H18O3S/c1-2-11(12)8-6-9-4-3-5-10(7-8)15(9,13)14/h8-10H,2-7H2,1H3. The van der Waals surface area contributed by atoms with Crippen LogP contribution in [0, 0.1) is 5.92 Å². The highest BCUT2D eigenvalue weighted by molar-refractivity contribution is 7.92. The lowest BCUT2D eigenvalue weighted by Crippen LogP contribution is -2.45. The number of Topliss-reactive ketones (excluding diaryl/α,β-unsaturated/α-hetero) is 1. The fourth-order valence-corrected chi connectivity index (χ4v) is 5.50. The van der Waals surface area contributed by atoms with Crippen molar-refractivity contribution in [1.82, 2.24) is 0 Å². The van der Waals surface area contributed by atoms with Crippen molar-refractivity contribution < 1.29 is 13.2 Å². The second kappa shape index (κ2) is 3.89. The Bertz CT molecular complexity index is 338. The van der Waals surface area contributed by atoms with Crippen LogP contribution in [0.4, 0.5) is 0 Å². The topological polar surface area (TPSA) is 51.2 Å². The molecule has 0 aliphatic carbocycles. The van der Waals surface area contributed by atoms with Gasteiger partial charge in [0.15, 0.2) is 9.84 Å². The SMILES string of the molecule is CCC(=O)C1CC2CCCC(C1)S2(=O)=O. The summed E-state index contributed by atoms with van der Waals surface area (Å²) in [4.78, 5) is 11.6. The summed E-state index contributed by atoms with van der Waals surface area (Å²) in [5.41, 5.74) is 0. The summed E-state index contributed by atoms with van der Waals surface area (Å²) in [6, 6.07) is 0. The monoisotopic (exact) mass is 230 g/mol. The average molecular weight is 230 g/mol. The van der Waals surface area contributed by atoms with Gasteiger partial charge in [0.1, 0.15) is 5.78 Å². The minimum atomic E-state index is -2.89. The second-order valence-electron chi connectivity index (χ2n) is 4.75. The summed E-state index contributed by atoms with van der Waals surface area (Å²) in [5.74, 6) is 0.274. The van der Waals surface area contributed by atoms with E-state index in [-0.39, 0.29) is 22.2 Å². The summed E-state index contributed by atoms with van der Waals surface area (Å²) in [7, 11) is -2.89. The van der Waals surface area contributed by atoms with Gasteiger partial charge in [0, 0.05) is 12.3 Å². The molecule has 0 amide bonds. The lowest BCUT2D eigenvalue weighted by molar-refractivity contribution is -0.123. The Kier molecular flexibility index (Phi) is 2.88. The number of sulfone groups is 1. The number of carbonyl (C=O) groups is 1. The van der Waals surface area contributed by atoms with Crippen molar-refractivity contribution in [2.75, 3.05) is 0 Å². The average Bonchev–Trinajstić information content (AvgIpc) is 2.14. The predicted molar refractivity (Wildman–Crippen MR) is 58.4 cm³/mol. The highest BCUT2D eigenvalue weighted by Crippen LogP contribution is 2.39. The van der Waals surface area contributed by atoms with Gasteiger partial charge in [-0.15, -0.1) is 0 Å². The molecule has 4 heteroatoms. The number of hydrogen-bond donors (Lipinski definition) is 0. The maximum absolute atomic E-state index is 11.9. The molecule has 2 aliphatic heterocycles. The van der Waals surface area contributed by atoms with Crippen LogP contribution in [0.1, 0.15) is 45.4 Å². The quantitative estimate of drug-likeness (QED) is 0.725. The molecule has 3 nitrogen and oxygen atoms in total. The molecule has 0 aromatic rings. The zero-order valence-electron chi connectivity index (χ0n) is 9.11. The lowest BCUT2D eigenvalue weighted by Gasteiger charge is -2.38. The zero-order chi connectivity index (χ0) is 11.1. The van der Waals surface area contributed by atoms with E-state index in [1.807, 2.05) is 6.92 Å². The van der Waals surface area contributed by atoms with Crippen LogP contribution in [0.5, 0.6) is 0 Å². The molecule has 0 saturated carbocycles. The molecular weight excluding hydrogens is 212 g/mol. The number of ketones is 1. The van der Waals surface area contributed by atoms with Crippen LogP contribution in [0.2, 0.25) is 0 Å². The number of fused-ring (bicyclic) bond motifs is 2. The molecule has 2 aliphatic rings. The molecule has 86 valence electrons. The van der Waals surface area contributed by atoms with Crippen molar-refractivity contribution in [2.24, 2.45) is 5.92 Å². The molecule has 2 atom stereocenters. The van der Waals surface area contributed by atoms with Gasteiger partial charge in [-0.3, -0.25) is 4.79 Å². The summed E-state index contributed by atoms with van der Waals surface area (Å²) in [6.45, 7) is 1.86. The third-order valence-electron chi connectivity index (χ3n) is 3.88. The van der Waals surface area contributed by atoms with E-state index in [0.717, 1.165) is 19.3 Å². The minimum Gasteiger partial charge on any atom is -0.299 e. The molecular formula is C11H18O3S. The van der Waals surface area contributed by atoms with Crippen molar-refractivity contribution in [2.45, 2.75) is 55.9 Å². The first kappa shape index (κ1) is 11.1. The van der Waals surface area contributed by atoms with Gasteiger partial charge < -0.3 is 0 Å². The smallest absolute Gasteiger partial charge is 0.156 e. The normalized spacial score (nSPS) is 38.6. The number of carbonyl (C=O) groups excluding carboxylic acids is 1. The fourth-order valence-electron chi connectivity index (χ4n) is 2.96. The van der Waals surface area contributed by atoms with Crippen LogP contribution in [0.15, 0.2) is 0 Å². The Morgan fingerprint density at radius 1 is 1.20 bits per heavy atom. The van der Waals surface area contributed by atoms with Crippen LogP contribution in [0.3, 0.4) is 0 Å². The van der Waals surface area contributed by atoms with E-state index in [1.165, 1.54) is 0 Å². The molecule has 2 unspecified atom stereocenters. The maximum atomic E-state index is 11.9. The first-order valence-corrected chi connectivity index (χ1v) is 7.42. The summed E-state index contributed by atoms with van der Waals surface area (Å²) in [6.07, 6.45) is 4.28. The van der Waals surface area contributed by atoms with Crippen molar-refractivity contribution in [1.29, 1.82) is 0 Å². The maximum Gasteiger partial charge on any atom is 0.156 e. The molecule has 2 heterocycles. The third-order valence-corrected chi connectivity index (χ3v) is 6.59. The molecule has 15 heavy (non-hydrogen) atoms. The minimum absolute atomic E-state index is 0.0221. The largest absolute Gasteiger partial charge is 0.299 e. The molecule has 0 radical (unpaired) electrons. The van der Waals surface area contributed by atoms with Crippen molar-refractivity contribution in [3.63, 3.8) is 0 Å². The fraction of sp³-hybridized carbons (Fsp3) is 0.909. The first-order valence-electron chi connectivity index (χ1n) is 5.81. The van der Waals surface area contributed by atoms with Crippen LogP contribution < -0.4 is 0 Å². The van der Waals surface area contributed by atoms with Gasteiger partial charge in [0.05, 0.1) is 10.5 Å². The Morgan fingerprint density at radius 3 is 2.20 bits per heavy atom. The summed E-state index contributed by atoms with van der Waals surface area (Å²) >= 11 is 0. The summed E-state index contributed by atoms with van der Waals surface area (Å²) in [5, 5.41) is -0.434. The van der Waals surface area contributed by atoms with Crippen LogP contribution >= 0.6 is 0 Å². The van der Waals surface area contributed by atoms with Crippen molar-refractivity contribution >= 4 is 15.6 Å². The van der Waals surface area contributed by atoms with Gasteiger partial charge in [0.2, 0.25) is 0 Å². The van der Waals surface area contributed by atoms with Crippen LogP contribution in [0.25, 0.3) is 0 Å². The van der Waals surface area contributed by atoms with Gasteiger partial charge in [-0.2, -0.15) is 0 Å². The number of hydrogen-bond acceptors (Lipinski definition) is 3. The molecule has 2 saturated heterocycles. The Balaban J connectivity index is 2.19. The molecule has 0 aromatic carbocycles. The van der Waals surface area contributed by atoms with E-state index >= 15 is 0 Å². The third kappa shape index (κ3) is 1.84. The van der Waals surface area contributed by atoms with E-state index in [1.54, 1.807) is 0 Å². The highest BCUT2D eigenvalue weighted by Gasteiger charge is 2.45. The van der Waals surface area contributed by atoms with Gasteiger partial charge >= 0.3 is 0 Å². The van der Waals surface area contributed by atoms with Gasteiger partial charge in [-0.25, -0.2) is 8.42 Å². The van der Waals surface area contributed by atoms with E-state index < -0.39 is 9.84 Å². The van der Waals surface area contributed by atoms with Gasteiger partial charge in [0.25, 0.3) is 0 Å². The van der Waals surface area contributed by atoms with Crippen molar-refractivity contribution in [3.05, 3.63) is 0 Å². The molecule has 2 rings (SSSR count). The number of rotatable bonds is 2. The molecule has 2 fully saturated rings. The Labute approximate surface area is 91.2 Å². The molecule has 0 N–H and O–H groups in total. The predicted octanol–water partition coefficient (Wildman–Crippen LogP) is 1.71. The van der Waals surface area contributed by atoms with E-state index in [9.17, 15) is 13.2 Å². The van der Waals surface area contributed by atoms with E-state index in [0.29, 0.717) is 19.3 Å². The van der Waals surface area contributed by atoms with Crippen molar-refractivity contribution in [3.8, 4) is 0 Å². The van der Waals surface area contributed by atoms with Gasteiger partial charge in [-0.05, 0) is 25.7 Å². The van der Waals surface area contributed by atoms with Crippen LogP contribution in [-0.4, -0.2) is 24.7 Å². The summed E-state index contributed by atoms with van der Waals surface area (Å²) < 4.78 is 23.9. The van der Waals surface area contributed by atoms with Gasteiger partial charge in [-0.1, -0.05) is 13.3 Å². The molecule has 0 spiro atoms. The van der Waals surface area contributed by atoms with E-state index in [2.05, 4.69) is 0 Å².